The quantitative estimate of drug-likeness (QED) is 0.625. The number of carbonyl (C=O) groups excluding carboxylic acids is 2. The smallest absolute Gasteiger partial charge is 0.307 e. The lowest BCUT2D eigenvalue weighted by molar-refractivity contribution is -0.141. The molecule has 0 saturated heterocycles. The van der Waals surface area contributed by atoms with Crippen LogP contribution in [0.2, 0.25) is 0 Å². The Hall–Kier alpha value is -2.23. The van der Waals surface area contributed by atoms with Crippen LogP contribution in [0.15, 0.2) is 57.9 Å². The topological polar surface area (TPSA) is 102 Å². The van der Waals surface area contributed by atoms with E-state index in [9.17, 15) is 18.0 Å². The number of hydrogen-bond donors (Lipinski definition) is 2. The highest BCUT2D eigenvalue weighted by atomic mass is 79.9. The highest BCUT2D eigenvalue weighted by Crippen LogP contribution is 2.22. The molecule has 0 aliphatic heterocycles. The Morgan fingerprint density at radius 2 is 1.81 bits per heavy atom. The summed E-state index contributed by atoms with van der Waals surface area (Å²) < 4.78 is 31.3. The maximum atomic E-state index is 12.6. The second kappa shape index (κ2) is 9.12. The van der Waals surface area contributed by atoms with Gasteiger partial charge in [-0.15, -0.1) is 0 Å². The first-order valence-electron chi connectivity index (χ1n) is 7.93. The summed E-state index contributed by atoms with van der Waals surface area (Å²) in [6, 6.07) is 12.1. The fourth-order valence-corrected chi connectivity index (χ4v) is 3.52. The molecular weight excluding hydrogens is 436 g/mol. The lowest BCUT2D eigenvalue weighted by atomic mass is 10.0. The minimum Gasteiger partial charge on any atom is -0.469 e. The van der Waals surface area contributed by atoms with Crippen molar-refractivity contribution in [2.45, 2.75) is 17.4 Å². The molecule has 2 aromatic carbocycles. The number of benzene rings is 2. The molecule has 0 aromatic heterocycles. The Bertz CT molecular complexity index is 929. The predicted molar refractivity (Wildman–Crippen MR) is 104 cm³/mol. The number of halogens is 1. The van der Waals surface area contributed by atoms with Gasteiger partial charge in [0.25, 0.3) is 5.91 Å². The Kier molecular flexibility index (Phi) is 7.11. The molecular formula is C18H19BrN2O5S. The van der Waals surface area contributed by atoms with Crippen molar-refractivity contribution in [3.8, 4) is 0 Å². The van der Waals surface area contributed by atoms with Crippen molar-refractivity contribution in [3.05, 3.63) is 64.1 Å². The fourth-order valence-electron chi connectivity index (χ4n) is 2.37. The number of nitrogens with one attached hydrogen (secondary N) is 2. The summed E-state index contributed by atoms with van der Waals surface area (Å²) in [5.41, 5.74) is 1.01. The predicted octanol–water partition coefficient (Wildman–Crippen LogP) is 2.39. The second-order valence-corrected chi connectivity index (χ2v) is 8.40. The molecule has 144 valence electrons. The van der Waals surface area contributed by atoms with Crippen LogP contribution in [0.25, 0.3) is 0 Å². The van der Waals surface area contributed by atoms with E-state index in [2.05, 4.69) is 26.0 Å². The van der Waals surface area contributed by atoms with E-state index in [0.29, 0.717) is 0 Å². The average Bonchev–Trinajstić information content (AvgIpc) is 2.67. The lowest BCUT2D eigenvalue weighted by Gasteiger charge is -2.18. The Labute approximate surface area is 166 Å². The molecule has 0 radical (unpaired) electrons. The number of rotatable bonds is 7. The number of amides is 1. The van der Waals surface area contributed by atoms with E-state index in [1.165, 1.54) is 38.4 Å². The van der Waals surface area contributed by atoms with Crippen molar-refractivity contribution in [2.75, 3.05) is 14.2 Å². The summed E-state index contributed by atoms with van der Waals surface area (Å²) >= 11 is 3.37. The molecule has 2 aromatic rings. The molecule has 0 aliphatic rings. The number of sulfonamides is 1. The number of carbonyl (C=O) groups is 2. The summed E-state index contributed by atoms with van der Waals surface area (Å²) in [7, 11) is -0.987. The molecule has 2 rings (SSSR count). The minimum atomic E-state index is -3.58. The SMILES string of the molecule is CNS(=O)(=O)c1ccc(C(=O)NC(CC(=O)OC)c2cccc(Br)c2)cc1. The van der Waals surface area contributed by atoms with E-state index in [4.69, 9.17) is 4.74 Å². The van der Waals surface area contributed by atoms with Gasteiger partial charge in [0.05, 0.1) is 24.5 Å². The van der Waals surface area contributed by atoms with E-state index in [1.54, 1.807) is 18.2 Å². The highest BCUT2D eigenvalue weighted by Gasteiger charge is 2.20. The molecule has 2 N–H and O–H groups in total. The standard InChI is InChI=1S/C18H19BrN2O5S/c1-20-27(24,25)15-8-6-12(7-9-15)18(23)21-16(11-17(22)26-2)13-4-3-5-14(19)10-13/h3-10,16,20H,11H2,1-2H3,(H,21,23). The maximum Gasteiger partial charge on any atom is 0.307 e. The van der Waals surface area contributed by atoms with Crippen LogP contribution >= 0.6 is 15.9 Å². The number of hydrogen-bond acceptors (Lipinski definition) is 5. The van der Waals surface area contributed by atoms with Crippen molar-refractivity contribution in [1.82, 2.24) is 10.0 Å². The van der Waals surface area contributed by atoms with Crippen molar-refractivity contribution in [3.63, 3.8) is 0 Å². The van der Waals surface area contributed by atoms with E-state index in [0.717, 1.165) is 10.0 Å². The van der Waals surface area contributed by atoms with E-state index >= 15 is 0 Å². The van der Waals surface area contributed by atoms with Crippen LogP contribution in [0.4, 0.5) is 0 Å². The largest absolute Gasteiger partial charge is 0.469 e. The molecule has 9 heteroatoms. The summed E-state index contributed by atoms with van der Waals surface area (Å²) in [5, 5.41) is 2.79. The van der Waals surface area contributed by atoms with Crippen molar-refractivity contribution >= 4 is 37.8 Å². The van der Waals surface area contributed by atoms with Crippen molar-refractivity contribution in [1.29, 1.82) is 0 Å². The van der Waals surface area contributed by atoms with E-state index < -0.39 is 27.9 Å². The van der Waals surface area contributed by atoms with E-state index in [1.807, 2.05) is 6.07 Å². The van der Waals surface area contributed by atoms with Crippen LogP contribution in [0.1, 0.15) is 28.4 Å². The third kappa shape index (κ3) is 5.62. The van der Waals surface area contributed by atoms with Crippen LogP contribution in [0.3, 0.4) is 0 Å². The molecule has 0 heterocycles. The Morgan fingerprint density at radius 1 is 1.15 bits per heavy atom. The Balaban J connectivity index is 2.23. The van der Waals surface area contributed by atoms with Gasteiger partial charge in [0.1, 0.15) is 0 Å². The van der Waals surface area contributed by atoms with Gasteiger partial charge in [-0.1, -0.05) is 28.1 Å². The first-order valence-corrected chi connectivity index (χ1v) is 10.2. The highest BCUT2D eigenvalue weighted by molar-refractivity contribution is 9.10. The van der Waals surface area contributed by atoms with Crippen LogP contribution in [-0.4, -0.2) is 34.5 Å². The average molecular weight is 455 g/mol. The third-order valence-electron chi connectivity index (χ3n) is 3.85. The van der Waals surface area contributed by atoms with Gasteiger partial charge in [-0.2, -0.15) is 0 Å². The molecule has 0 fully saturated rings. The van der Waals surface area contributed by atoms with Gasteiger partial charge in [0.2, 0.25) is 10.0 Å². The van der Waals surface area contributed by atoms with Crippen molar-refractivity contribution < 1.29 is 22.7 Å². The van der Waals surface area contributed by atoms with Gasteiger partial charge in [-0.25, -0.2) is 13.1 Å². The summed E-state index contributed by atoms with van der Waals surface area (Å²) in [4.78, 5) is 24.4. The van der Waals surface area contributed by atoms with Gasteiger partial charge in [-0.05, 0) is 49.0 Å². The van der Waals surface area contributed by atoms with Crippen molar-refractivity contribution in [2.24, 2.45) is 0 Å². The molecule has 0 bridgehead atoms. The zero-order valence-corrected chi connectivity index (χ0v) is 17.1. The Morgan fingerprint density at radius 3 is 2.37 bits per heavy atom. The summed E-state index contributed by atoms with van der Waals surface area (Å²) in [6.45, 7) is 0. The number of esters is 1. The van der Waals surface area contributed by atoms with Crippen LogP contribution in [0.5, 0.6) is 0 Å². The van der Waals surface area contributed by atoms with E-state index in [-0.39, 0.29) is 16.9 Å². The fraction of sp³-hybridized carbons (Fsp3) is 0.222. The third-order valence-corrected chi connectivity index (χ3v) is 5.77. The molecule has 7 nitrogen and oxygen atoms in total. The molecule has 1 unspecified atom stereocenters. The first-order chi connectivity index (χ1) is 12.8. The molecule has 1 amide bonds. The monoisotopic (exact) mass is 454 g/mol. The van der Waals surface area contributed by atoms with Gasteiger partial charge >= 0.3 is 5.97 Å². The van der Waals surface area contributed by atoms with Crippen LogP contribution in [0, 0.1) is 0 Å². The van der Waals surface area contributed by atoms with Gasteiger partial charge in [0, 0.05) is 10.0 Å². The van der Waals surface area contributed by atoms with Gasteiger partial charge in [0.15, 0.2) is 0 Å². The molecule has 0 spiro atoms. The normalized spacial score (nSPS) is 12.3. The first kappa shape index (κ1) is 21.1. The van der Waals surface area contributed by atoms with Crippen LogP contribution in [-0.2, 0) is 19.6 Å². The zero-order valence-electron chi connectivity index (χ0n) is 14.7. The number of methoxy groups -OCH3 is 1. The maximum absolute atomic E-state index is 12.6. The molecule has 1 atom stereocenters. The minimum absolute atomic E-state index is 0.0368. The van der Waals surface area contributed by atoms with Crippen LogP contribution < -0.4 is 10.0 Å². The van der Waals surface area contributed by atoms with Gasteiger partial charge < -0.3 is 10.1 Å². The summed E-state index contributed by atoms with van der Waals surface area (Å²) in [5.74, 6) is -0.895. The lowest BCUT2D eigenvalue weighted by Crippen LogP contribution is -2.30. The zero-order chi connectivity index (χ0) is 20.0. The number of ether oxygens (including phenoxy) is 1. The molecule has 0 saturated carbocycles. The summed E-state index contributed by atoms with van der Waals surface area (Å²) in [6.07, 6.45) is -0.0368. The van der Waals surface area contributed by atoms with Gasteiger partial charge in [-0.3, -0.25) is 9.59 Å². The second-order valence-electron chi connectivity index (χ2n) is 5.59. The molecule has 27 heavy (non-hydrogen) atoms. The molecule has 0 aliphatic carbocycles.